The first-order valence-electron chi connectivity index (χ1n) is 10.9. The summed E-state index contributed by atoms with van der Waals surface area (Å²) in [4.78, 5) is 0. The summed E-state index contributed by atoms with van der Waals surface area (Å²) in [6, 6.07) is 13.1. The van der Waals surface area contributed by atoms with Crippen LogP contribution in [0.1, 0.15) is 31.0 Å². The summed E-state index contributed by atoms with van der Waals surface area (Å²) < 4.78 is 3.79. The van der Waals surface area contributed by atoms with Crippen molar-refractivity contribution in [2.45, 2.75) is 32.9 Å². The first-order valence-corrected chi connectivity index (χ1v) is 10.9. The molecule has 5 aromatic rings. The second-order valence-electron chi connectivity index (χ2n) is 8.56. The smallest absolute Gasteiger partial charge is 0.134 e. The first-order chi connectivity index (χ1) is 15.7. The molecule has 0 spiro atoms. The van der Waals surface area contributed by atoms with Crippen LogP contribution in [0.25, 0.3) is 39.1 Å². The maximum absolute atomic E-state index is 4.54. The summed E-state index contributed by atoms with van der Waals surface area (Å²) in [5.41, 5.74) is 8.41. The molecule has 3 aromatic heterocycles. The van der Waals surface area contributed by atoms with Crippen molar-refractivity contribution in [2.75, 3.05) is 6.54 Å². The molecular formula is C24H24N8. The van der Waals surface area contributed by atoms with Gasteiger partial charge in [-0.15, -0.1) is 5.10 Å². The topological polar surface area (TPSA) is 89.2 Å². The molecule has 4 heterocycles. The summed E-state index contributed by atoms with van der Waals surface area (Å²) in [7, 11) is 0. The second-order valence-corrected chi connectivity index (χ2v) is 8.56. The lowest BCUT2D eigenvalue weighted by Crippen LogP contribution is -2.23. The van der Waals surface area contributed by atoms with E-state index < -0.39 is 0 Å². The van der Waals surface area contributed by atoms with E-state index in [9.17, 15) is 0 Å². The Kier molecular flexibility index (Phi) is 4.39. The highest BCUT2D eigenvalue weighted by atomic mass is 15.4. The van der Waals surface area contributed by atoms with Crippen molar-refractivity contribution in [3.8, 4) is 28.2 Å². The molecule has 1 aliphatic heterocycles. The molecule has 0 amide bonds. The minimum Gasteiger partial charge on any atom is -0.312 e. The van der Waals surface area contributed by atoms with E-state index in [4.69, 9.17) is 0 Å². The molecule has 0 saturated carbocycles. The van der Waals surface area contributed by atoms with Crippen LogP contribution in [0, 0.1) is 0 Å². The van der Waals surface area contributed by atoms with Crippen LogP contribution in [0.5, 0.6) is 0 Å². The Bertz CT molecular complexity index is 1420. The second kappa shape index (κ2) is 7.42. The SMILES string of the molecule is CC(C)n1cc(-c2ccc3[nH]nc(-c4cn(-c5ccc6c(c5)CNCC6)nn4)c3c2)cn1. The molecule has 0 atom stereocenters. The molecule has 0 bridgehead atoms. The van der Waals surface area contributed by atoms with Crippen molar-refractivity contribution in [3.63, 3.8) is 0 Å². The fourth-order valence-corrected chi connectivity index (χ4v) is 4.27. The van der Waals surface area contributed by atoms with Crippen LogP contribution in [0.2, 0.25) is 0 Å². The van der Waals surface area contributed by atoms with E-state index in [0.717, 1.165) is 58.6 Å². The van der Waals surface area contributed by atoms with Gasteiger partial charge < -0.3 is 5.32 Å². The van der Waals surface area contributed by atoms with Crippen LogP contribution in [-0.2, 0) is 13.0 Å². The van der Waals surface area contributed by atoms with Gasteiger partial charge in [-0.05, 0) is 67.8 Å². The van der Waals surface area contributed by atoms with Gasteiger partial charge in [0.1, 0.15) is 11.4 Å². The third-order valence-corrected chi connectivity index (χ3v) is 6.10. The lowest BCUT2D eigenvalue weighted by atomic mass is 10.0. The highest BCUT2D eigenvalue weighted by Gasteiger charge is 2.15. The van der Waals surface area contributed by atoms with Gasteiger partial charge in [-0.1, -0.05) is 17.3 Å². The molecular weight excluding hydrogens is 400 g/mol. The fourth-order valence-electron chi connectivity index (χ4n) is 4.27. The largest absolute Gasteiger partial charge is 0.312 e. The highest BCUT2D eigenvalue weighted by molar-refractivity contribution is 5.94. The van der Waals surface area contributed by atoms with E-state index in [1.807, 2.05) is 21.8 Å². The summed E-state index contributed by atoms with van der Waals surface area (Å²) in [6.07, 6.45) is 6.99. The van der Waals surface area contributed by atoms with Crippen molar-refractivity contribution in [1.29, 1.82) is 0 Å². The molecule has 2 aromatic carbocycles. The molecule has 0 radical (unpaired) electrons. The third kappa shape index (κ3) is 3.20. The summed E-state index contributed by atoms with van der Waals surface area (Å²) in [5, 5.41) is 25.4. The van der Waals surface area contributed by atoms with Crippen molar-refractivity contribution in [3.05, 3.63) is 66.1 Å². The van der Waals surface area contributed by atoms with E-state index in [0.29, 0.717) is 6.04 Å². The van der Waals surface area contributed by atoms with Gasteiger partial charge >= 0.3 is 0 Å². The fraction of sp³-hybridized carbons (Fsp3) is 0.250. The van der Waals surface area contributed by atoms with E-state index in [2.05, 4.69) is 87.4 Å². The number of benzene rings is 2. The molecule has 0 fully saturated rings. The molecule has 0 aliphatic carbocycles. The Morgan fingerprint density at radius 1 is 1.00 bits per heavy atom. The zero-order valence-electron chi connectivity index (χ0n) is 18.1. The Labute approximate surface area is 185 Å². The Morgan fingerprint density at radius 3 is 2.81 bits per heavy atom. The maximum atomic E-state index is 4.54. The molecule has 160 valence electrons. The number of aromatic amines is 1. The van der Waals surface area contributed by atoms with Crippen LogP contribution in [0.3, 0.4) is 0 Å². The quantitative estimate of drug-likeness (QED) is 0.457. The summed E-state index contributed by atoms with van der Waals surface area (Å²) in [5.74, 6) is 0. The van der Waals surface area contributed by atoms with Crippen molar-refractivity contribution in [1.82, 2.24) is 40.3 Å². The van der Waals surface area contributed by atoms with Crippen LogP contribution >= 0.6 is 0 Å². The van der Waals surface area contributed by atoms with Crippen LogP contribution < -0.4 is 5.32 Å². The van der Waals surface area contributed by atoms with E-state index in [1.165, 1.54) is 11.1 Å². The van der Waals surface area contributed by atoms with Crippen molar-refractivity contribution >= 4 is 10.9 Å². The number of hydrogen-bond donors (Lipinski definition) is 2. The molecule has 8 heteroatoms. The molecule has 6 rings (SSSR count). The lowest BCUT2D eigenvalue weighted by molar-refractivity contribution is 0.532. The molecule has 0 unspecified atom stereocenters. The standard InChI is InChI=1S/C24H24N8/c1-15(2)31-13-19(12-26-31)17-4-6-22-21(10-17)24(29-27-22)23-14-32(30-28-23)20-5-3-16-7-8-25-11-18(16)9-20/h3-6,9-10,12-15,25H,7-8,11H2,1-2H3,(H,27,29). The molecule has 2 N–H and O–H groups in total. The summed E-state index contributed by atoms with van der Waals surface area (Å²) >= 11 is 0. The first kappa shape index (κ1) is 18.9. The number of nitrogens with zero attached hydrogens (tertiary/aromatic N) is 6. The van der Waals surface area contributed by atoms with Gasteiger partial charge in [0, 0.05) is 29.7 Å². The van der Waals surface area contributed by atoms with Crippen molar-refractivity contribution in [2.24, 2.45) is 0 Å². The van der Waals surface area contributed by atoms with Crippen LogP contribution in [0.4, 0.5) is 0 Å². The number of fused-ring (bicyclic) bond motifs is 2. The molecule has 8 nitrogen and oxygen atoms in total. The number of hydrogen-bond acceptors (Lipinski definition) is 5. The van der Waals surface area contributed by atoms with Gasteiger partial charge in [-0.25, -0.2) is 4.68 Å². The van der Waals surface area contributed by atoms with Crippen LogP contribution in [0.15, 0.2) is 55.0 Å². The Hall–Kier alpha value is -3.78. The molecule has 0 saturated heterocycles. The van der Waals surface area contributed by atoms with Gasteiger partial charge in [-0.3, -0.25) is 9.78 Å². The van der Waals surface area contributed by atoms with E-state index in [1.54, 1.807) is 0 Å². The van der Waals surface area contributed by atoms with Gasteiger partial charge in [-0.2, -0.15) is 10.2 Å². The predicted octanol–water partition coefficient (Wildman–Crippen LogP) is 3.90. The van der Waals surface area contributed by atoms with Crippen LogP contribution in [-0.4, -0.2) is 41.5 Å². The average Bonchev–Trinajstić information content (AvgIpc) is 3.57. The van der Waals surface area contributed by atoms with Crippen molar-refractivity contribution < 1.29 is 0 Å². The Morgan fingerprint density at radius 2 is 1.94 bits per heavy atom. The average molecular weight is 425 g/mol. The monoisotopic (exact) mass is 424 g/mol. The zero-order valence-corrected chi connectivity index (χ0v) is 18.1. The lowest BCUT2D eigenvalue weighted by Gasteiger charge is -2.17. The van der Waals surface area contributed by atoms with E-state index >= 15 is 0 Å². The van der Waals surface area contributed by atoms with Gasteiger partial charge in [0.05, 0.1) is 23.6 Å². The molecule has 32 heavy (non-hydrogen) atoms. The Balaban J connectivity index is 1.37. The highest BCUT2D eigenvalue weighted by Crippen LogP contribution is 2.30. The van der Waals surface area contributed by atoms with Gasteiger partial charge in [0.2, 0.25) is 0 Å². The molecule has 1 aliphatic rings. The number of nitrogens with one attached hydrogen (secondary N) is 2. The zero-order chi connectivity index (χ0) is 21.7. The maximum Gasteiger partial charge on any atom is 0.134 e. The minimum atomic E-state index is 0.325. The van der Waals surface area contributed by atoms with E-state index in [-0.39, 0.29) is 0 Å². The number of aromatic nitrogens is 7. The van der Waals surface area contributed by atoms with Gasteiger partial charge in [0.25, 0.3) is 0 Å². The predicted molar refractivity (Wildman–Crippen MR) is 123 cm³/mol. The third-order valence-electron chi connectivity index (χ3n) is 6.10. The summed E-state index contributed by atoms with van der Waals surface area (Å²) in [6.45, 7) is 6.17. The van der Waals surface area contributed by atoms with Gasteiger partial charge in [0.15, 0.2) is 0 Å². The minimum absolute atomic E-state index is 0.325. The normalized spacial score (nSPS) is 13.7. The number of rotatable bonds is 4. The number of H-pyrrole nitrogens is 1.